The minimum absolute atomic E-state index is 0.111. The van der Waals surface area contributed by atoms with Crippen LogP contribution in [0.3, 0.4) is 0 Å². The van der Waals surface area contributed by atoms with Crippen LogP contribution in [-0.2, 0) is 0 Å². The van der Waals surface area contributed by atoms with Crippen LogP contribution in [0.2, 0.25) is 0 Å². The van der Waals surface area contributed by atoms with Gasteiger partial charge in [-0.05, 0) is 30.9 Å². The Morgan fingerprint density at radius 3 is 2.81 bits per heavy atom. The van der Waals surface area contributed by atoms with E-state index >= 15 is 0 Å². The number of rotatable bonds is 3. The molecule has 0 amide bonds. The number of fused-ring (bicyclic) bond motifs is 1. The molecule has 2 atom stereocenters. The van der Waals surface area contributed by atoms with Gasteiger partial charge in [0.05, 0.1) is 10.3 Å². The average Bonchev–Trinajstić information content (AvgIpc) is 2.49. The molecule has 1 fully saturated rings. The van der Waals surface area contributed by atoms with Crippen molar-refractivity contribution in [3.05, 3.63) is 40.7 Å². The number of hydrogen-bond donors (Lipinski definition) is 1. The molecule has 0 bridgehead atoms. The molecule has 1 aliphatic rings. The SMILES string of the molecule is C[C@@H]1CCCC[C@H]1Nc1ccc([N+](=O)[O-])c2cnccc12. The van der Waals surface area contributed by atoms with Crippen LogP contribution in [0.1, 0.15) is 32.6 Å². The van der Waals surface area contributed by atoms with Gasteiger partial charge in [0.25, 0.3) is 5.69 Å². The Morgan fingerprint density at radius 2 is 2.05 bits per heavy atom. The lowest BCUT2D eigenvalue weighted by atomic mass is 9.85. The third-order valence-electron chi connectivity index (χ3n) is 4.44. The molecule has 1 saturated carbocycles. The lowest BCUT2D eigenvalue weighted by Crippen LogP contribution is -2.30. The van der Waals surface area contributed by atoms with Gasteiger partial charge in [-0.15, -0.1) is 0 Å². The highest BCUT2D eigenvalue weighted by atomic mass is 16.6. The molecule has 1 heterocycles. The van der Waals surface area contributed by atoms with Crippen molar-refractivity contribution in [1.82, 2.24) is 4.98 Å². The highest BCUT2D eigenvalue weighted by Crippen LogP contribution is 2.33. The molecule has 5 heteroatoms. The number of nitrogens with one attached hydrogen (secondary N) is 1. The zero-order valence-electron chi connectivity index (χ0n) is 12.1. The van der Waals surface area contributed by atoms with Crippen molar-refractivity contribution in [2.45, 2.75) is 38.6 Å². The van der Waals surface area contributed by atoms with E-state index in [1.807, 2.05) is 12.1 Å². The quantitative estimate of drug-likeness (QED) is 0.680. The lowest BCUT2D eigenvalue weighted by molar-refractivity contribution is -0.383. The van der Waals surface area contributed by atoms with Crippen LogP contribution in [0.5, 0.6) is 0 Å². The van der Waals surface area contributed by atoms with E-state index in [1.54, 1.807) is 18.5 Å². The molecule has 0 unspecified atom stereocenters. The molecular weight excluding hydrogens is 266 g/mol. The van der Waals surface area contributed by atoms with E-state index in [1.165, 1.54) is 19.3 Å². The smallest absolute Gasteiger partial charge is 0.278 e. The number of nitro benzene ring substituents is 1. The molecule has 1 aliphatic carbocycles. The number of anilines is 1. The molecule has 1 N–H and O–H groups in total. The zero-order chi connectivity index (χ0) is 14.8. The summed E-state index contributed by atoms with van der Waals surface area (Å²) in [5.74, 6) is 0.630. The van der Waals surface area contributed by atoms with Crippen LogP contribution in [0.4, 0.5) is 11.4 Å². The van der Waals surface area contributed by atoms with Gasteiger partial charge in [0.2, 0.25) is 0 Å². The monoisotopic (exact) mass is 285 g/mol. The number of benzene rings is 1. The molecule has 1 aromatic carbocycles. The Morgan fingerprint density at radius 1 is 1.24 bits per heavy atom. The highest BCUT2D eigenvalue weighted by molar-refractivity contribution is 5.99. The van der Waals surface area contributed by atoms with E-state index in [9.17, 15) is 10.1 Å². The van der Waals surface area contributed by atoms with Gasteiger partial charge < -0.3 is 5.32 Å². The van der Waals surface area contributed by atoms with Gasteiger partial charge in [-0.2, -0.15) is 0 Å². The summed E-state index contributed by atoms with van der Waals surface area (Å²) in [6.07, 6.45) is 8.19. The largest absolute Gasteiger partial charge is 0.382 e. The van der Waals surface area contributed by atoms with Gasteiger partial charge in [0.1, 0.15) is 0 Å². The predicted octanol–water partition coefficient (Wildman–Crippen LogP) is 4.13. The second-order valence-electron chi connectivity index (χ2n) is 5.82. The molecule has 110 valence electrons. The number of aromatic nitrogens is 1. The molecule has 5 nitrogen and oxygen atoms in total. The normalized spacial score (nSPS) is 22.1. The molecule has 3 rings (SSSR count). The van der Waals surface area contributed by atoms with Gasteiger partial charge in [-0.1, -0.05) is 19.8 Å². The Bertz CT molecular complexity index is 672. The molecule has 0 radical (unpaired) electrons. The first-order chi connectivity index (χ1) is 10.2. The molecule has 2 aromatic rings. The number of non-ortho nitro benzene ring substituents is 1. The van der Waals surface area contributed by atoms with Crippen molar-refractivity contribution >= 4 is 22.1 Å². The molecule has 0 saturated heterocycles. The molecule has 21 heavy (non-hydrogen) atoms. The van der Waals surface area contributed by atoms with E-state index < -0.39 is 0 Å². The fourth-order valence-electron chi connectivity index (χ4n) is 3.19. The van der Waals surface area contributed by atoms with Gasteiger partial charge in [0, 0.05) is 35.6 Å². The van der Waals surface area contributed by atoms with E-state index in [2.05, 4.69) is 17.2 Å². The highest BCUT2D eigenvalue weighted by Gasteiger charge is 2.22. The zero-order valence-corrected chi connectivity index (χ0v) is 12.1. The van der Waals surface area contributed by atoms with E-state index in [4.69, 9.17) is 0 Å². The second kappa shape index (κ2) is 5.68. The maximum atomic E-state index is 11.1. The van der Waals surface area contributed by atoms with Crippen molar-refractivity contribution in [1.29, 1.82) is 0 Å². The Kier molecular flexibility index (Phi) is 3.73. The van der Waals surface area contributed by atoms with Crippen LogP contribution in [0.25, 0.3) is 10.8 Å². The average molecular weight is 285 g/mol. The van der Waals surface area contributed by atoms with Gasteiger partial charge in [0.15, 0.2) is 0 Å². The summed E-state index contributed by atoms with van der Waals surface area (Å²) >= 11 is 0. The van der Waals surface area contributed by atoms with Crippen LogP contribution >= 0.6 is 0 Å². The maximum absolute atomic E-state index is 11.1. The number of pyridine rings is 1. The molecular formula is C16H19N3O2. The predicted molar refractivity (Wildman–Crippen MR) is 83.4 cm³/mol. The number of nitrogens with zero attached hydrogens (tertiary/aromatic N) is 2. The first-order valence-electron chi connectivity index (χ1n) is 7.44. The van der Waals surface area contributed by atoms with E-state index in [-0.39, 0.29) is 10.6 Å². The maximum Gasteiger partial charge on any atom is 0.278 e. The summed E-state index contributed by atoms with van der Waals surface area (Å²) in [5, 5.41) is 16.2. The Hall–Kier alpha value is -2.17. The summed E-state index contributed by atoms with van der Waals surface area (Å²) in [4.78, 5) is 14.8. The van der Waals surface area contributed by atoms with Crippen molar-refractivity contribution in [2.75, 3.05) is 5.32 Å². The van der Waals surface area contributed by atoms with Crippen LogP contribution in [-0.4, -0.2) is 15.9 Å². The number of hydrogen-bond acceptors (Lipinski definition) is 4. The minimum atomic E-state index is -0.350. The van der Waals surface area contributed by atoms with Gasteiger partial charge in [-0.25, -0.2) is 0 Å². The third kappa shape index (κ3) is 2.68. The fraction of sp³-hybridized carbons (Fsp3) is 0.438. The van der Waals surface area contributed by atoms with Crippen LogP contribution in [0.15, 0.2) is 30.6 Å². The van der Waals surface area contributed by atoms with Crippen molar-refractivity contribution < 1.29 is 4.92 Å². The van der Waals surface area contributed by atoms with Crippen LogP contribution in [0, 0.1) is 16.0 Å². The first-order valence-corrected chi connectivity index (χ1v) is 7.44. The molecule has 0 aliphatic heterocycles. The van der Waals surface area contributed by atoms with Gasteiger partial charge in [-0.3, -0.25) is 15.1 Å². The van der Waals surface area contributed by atoms with E-state index in [0.29, 0.717) is 17.3 Å². The fourth-order valence-corrected chi connectivity index (χ4v) is 3.19. The summed E-state index contributed by atoms with van der Waals surface area (Å²) in [5.41, 5.74) is 1.08. The molecule has 0 spiro atoms. The topological polar surface area (TPSA) is 68.1 Å². The lowest BCUT2D eigenvalue weighted by Gasteiger charge is -2.30. The standard InChI is InChI=1S/C16H19N3O2/c1-11-4-2-3-5-14(11)18-15-6-7-16(19(20)21)13-10-17-9-8-12(13)15/h6-11,14,18H,2-5H2,1H3/t11-,14-/m1/s1. The van der Waals surface area contributed by atoms with Crippen molar-refractivity contribution in [3.8, 4) is 0 Å². The van der Waals surface area contributed by atoms with Crippen molar-refractivity contribution in [2.24, 2.45) is 5.92 Å². The minimum Gasteiger partial charge on any atom is -0.382 e. The molecule has 1 aromatic heterocycles. The summed E-state index contributed by atoms with van der Waals surface area (Å²) in [6, 6.07) is 5.68. The van der Waals surface area contributed by atoms with E-state index in [0.717, 1.165) is 17.5 Å². The summed E-state index contributed by atoms with van der Waals surface area (Å²) < 4.78 is 0. The number of nitro groups is 1. The van der Waals surface area contributed by atoms with Crippen LogP contribution < -0.4 is 5.32 Å². The first kappa shape index (κ1) is 13.8. The second-order valence-corrected chi connectivity index (χ2v) is 5.82. The van der Waals surface area contributed by atoms with Crippen molar-refractivity contribution in [3.63, 3.8) is 0 Å². The third-order valence-corrected chi connectivity index (χ3v) is 4.44. The van der Waals surface area contributed by atoms with Gasteiger partial charge >= 0.3 is 0 Å². The Labute approximate surface area is 123 Å². The summed E-state index contributed by atoms with van der Waals surface area (Å²) in [7, 11) is 0. The summed E-state index contributed by atoms with van der Waals surface area (Å²) in [6.45, 7) is 2.27. The Balaban J connectivity index is 1.99.